The van der Waals surface area contributed by atoms with Crippen molar-refractivity contribution in [2.75, 3.05) is 6.54 Å². The molecule has 3 N–H and O–H groups in total. The summed E-state index contributed by atoms with van der Waals surface area (Å²) in [6.45, 7) is 2.92. The van der Waals surface area contributed by atoms with Crippen LogP contribution in [0.15, 0.2) is 16.9 Å². The summed E-state index contributed by atoms with van der Waals surface area (Å²) in [5, 5.41) is 14.2. The highest BCUT2D eigenvalue weighted by Crippen LogP contribution is 2.33. The first-order valence-electron chi connectivity index (χ1n) is 8.24. The maximum absolute atomic E-state index is 11.4. The van der Waals surface area contributed by atoms with E-state index in [0.717, 1.165) is 56.6 Å². The normalized spacial score (nSPS) is 32.7. The topological polar surface area (TPSA) is 65.1 Å². The van der Waals surface area contributed by atoms with Gasteiger partial charge in [0.25, 0.3) is 0 Å². The second-order valence-corrected chi connectivity index (χ2v) is 6.99. The molecule has 4 heteroatoms. The van der Waals surface area contributed by atoms with Gasteiger partial charge < -0.3 is 15.4 Å². The van der Waals surface area contributed by atoms with E-state index in [9.17, 15) is 9.90 Å². The van der Waals surface area contributed by atoms with E-state index in [1.165, 1.54) is 5.56 Å². The third kappa shape index (κ3) is 3.38. The van der Waals surface area contributed by atoms with Crippen LogP contribution >= 0.6 is 0 Å². The minimum absolute atomic E-state index is 0.0192. The Kier molecular flexibility index (Phi) is 4.18. The number of fused-ring (bicyclic) bond motifs is 1. The monoisotopic (exact) mass is 290 g/mol. The Bertz CT molecular complexity index is 544. The molecule has 0 amide bonds. The molecule has 1 saturated carbocycles. The van der Waals surface area contributed by atoms with Crippen LogP contribution in [0.4, 0.5) is 0 Å². The third-order valence-electron chi connectivity index (χ3n) is 5.21. The molecule has 0 spiro atoms. The Hall–Kier alpha value is -1.13. The molecule has 1 atom stereocenters. The summed E-state index contributed by atoms with van der Waals surface area (Å²) < 4.78 is 0. The maximum Gasteiger partial charge on any atom is 0.248 e. The molecule has 4 nitrogen and oxygen atoms in total. The van der Waals surface area contributed by atoms with Gasteiger partial charge in [-0.05, 0) is 56.4 Å². The van der Waals surface area contributed by atoms with Crippen LogP contribution in [-0.4, -0.2) is 22.2 Å². The van der Waals surface area contributed by atoms with Gasteiger partial charge in [0.1, 0.15) is 0 Å². The van der Waals surface area contributed by atoms with E-state index in [1.807, 2.05) is 6.07 Å². The molecule has 1 heterocycles. The standard InChI is InChI=1S/C17H26N2O2/c1-12-7-9-17(21,10-8-12)11-18-14-3-2-4-15-13(14)5-6-16(20)19-15/h5-6,12,14,18,21H,2-4,7-11H2,1H3,(H,19,20). The molecule has 21 heavy (non-hydrogen) atoms. The van der Waals surface area contributed by atoms with E-state index in [1.54, 1.807) is 6.07 Å². The second-order valence-electron chi connectivity index (χ2n) is 6.99. The number of hydrogen-bond acceptors (Lipinski definition) is 3. The number of aryl methyl sites for hydroxylation is 1. The second kappa shape index (κ2) is 5.93. The van der Waals surface area contributed by atoms with E-state index >= 15 is 0 Å². The molecule has 2 aliphatic carbocycles. The number of rotatable bonds is 3. The van der Waals surface area contributed by atoms with Gasteiger partial charge >= 0.3 is 0 Å². The molecule has 1 unspecified atom stereocenters. The minimum Gasteiger partial charge on any atom is -0.389 e. The summed E-state index contributed by atoms with van der Waals surface area (Å²) in [4.78, 5) is 14.4. The molecule has 1 aromatic rings. The predicted octanol–water partition coefficient (Wildman–Crippen LogP) is 2.28. The molecule has 0 saturated heterocycles. The molecule has 3 rings (SSSR count). The summed E-state index contributed by atoms with van der Waals surface area (Å²) >= 11 is 0. The lowest BCUT2D eigenvalue weighted by Gasteiger charge is -2.37. The lowest BCUT2D eigenvalue weighted by molar-refractivity contribution is -0.00862. The number of H-pyrrole nitrogens is 1. The molecule has 0 bridgehead atoms. The van der Waals surface area contributed by atoms with Crippen molar-refractivity contribution < 1.29 is 5.11 Å². The summed E-state index contributed by atoms with van der Waals surface area (Å²) in [7, 11) is 0. The van der Waals surface area contributed by atoms with E-state index in [0.29, 0.717) is 6.54 Å². The zero-order valence-electron chi connectivity index (χ0n) is 12.8. The first-order chi connectivity index (χ1) is 10.1. The van der Waals surface area contributed by atoms with Gasteiger partial charge in [0.2, 0.25) is 5.56 Å². The van der Waals surface area contributed by atoms with Crippen molar-refractivity contribution in [3.8, 4) is 0 Å². The highest BCUT2D eigenvalue weighted by molar-refractivity contribution is 5.26. The number of nitrogens with one attached hydrogen (secondary N) is 2. The number of pyridine rings is 1. The maximum atomic E-state index is 11.4. The van der Waals surface area contributed by atoms with Crippen LogP contribution in [0, 0.1) is 5.92 Å². The fraction of sp³-hybridized carbons (Fsp3) is 0.706. The van der Waals surface area contributed by atoms with Crippen molar-refractivity contribution in [2.24, 2.45) is 5.92 Å². The van der Waals surface area contributed by atoms with Crippen molar-refractivity contribution in [2.45, 2.75) is 63.5 Å². The fourth-order valence-corrected chi connectivity index (χ4v) is 3.70. The van der Waals surface area contributed by atoms with E-state index in [4.69, 9.17) is 0 Å². The first-order valence-corrected chi connectivity index (χ1v) is 8.24. The van der Waals surface area contributed by atoms with E-state index < -0.39 is 5.60 Å². The summed E-state index contributed by atoms with van der Waals surface area (Å²) in [6, 6.07) is 3.81. The molecule has 2 aliphatic rings. The smallest absolute Gasteiger partial charge is 0.248 e. The largest absolute Gasteiger partial charge is 0.389 e. The molecule has 0 radical (unpaired) electrons. The Labute approximate surface area is 126 Å². The Morgan fingerprint density at radius 2 is 2.10 bits per heavy atom. The zero-order valence-corrected chi connectivity index (χ0v) is 12.8. The van der Waals surface area contributed by atoms with Crippen molar-refractivity contribution in [3.05, 3.63) is 33.7 Å². The van der Waals surface area contributed by atoms with Gasteiger partial charge in [-0.2, -0.15) is 0 Å². The zero-order chi connectivity index (χ0) is 14.9. The Morgan fingerprint density at radius 3 is 2.86 bits per heavy atom. The highest BCUT2D eigenvalue weighted by Gasteiger charge is 2.32. The summed E-state index contributed by atoms with van der Waals surface area (Å²) in [5.41, 5.74) is 1.70. The molecular weight excluding hydrogens is 264 g/mol. The van der Waals surface area contributed by atoms with Crippen molar-refractivity contribution in [1.29, 1.82) is 0 Å². The van der Waals surface area contributed by atoms with Crippen LogP contribution in [0.2, 0.25) is 0 Å². The minimum atomic E-state index is -0.549. The Balaban J connectivity index is 1.65. The van der Waals surface area contributed by atoms with Crippen LogP contribution < -0.4 is 10.9 Å². The van der Waals surface area contributed by atoms with Gasteiger partial charge in [-0.15, -0.1) is 0 Å². The molecular formula is C17H26N2O2. The van der Waals surface area contributed by atoms with Gasteiger partial charge in [0.05, 0.1) is 5.60 Å². The van der Waals surface area contributed by atoms with Gasteiger partial charge in [0, 0.05) is 24.3 Å². The van der Waals surface area contributed by atoms with Crippen LogP contribution in [0.3, 0.4) is 0 Å². The fourth-order valence-electron chi connectivity index (χ4n) is 3.70. The molecule has 116 valence electrons. The molecule has 1 fully saturated rings. The molecule has 0 aliphatic heterocycles. The average molecular weight is 290 g/mol. The SMILES string of the molecule is CC1CCC(O)(CNC2CCCc3[nH]c(=O)ccc32)CC1. The molecule has 1 aromatic heterocycles. The van der Waals surface area contributed by atoms with Crippen molar-refractivity contribution in [1.82, 2.24) is 10.3 Å². The van der Waals surface area contributed by atoms with Crippen LogP contribution in [0.5, 0.6) is 0 Å². The summed E-state index contributed by atoms with van der Waals surface area (Å²) in [5.74, 6) is 0.741. The van der Waals surface area contributed by atoms with Crippen LogP contribution in [0.1, 0.15) is 62.7 Å². The number of hydrogen-bond donors (Lipinski definition) is 3. The number of aliphatic hydroxyl groups is 1. The Morgan fingerprint density at radius 1 is 1.33 bits per heavy atom. The lowest BCUT2D eigenvalue weighted by Crippen LogP contribution is -2.45. The van der Waals surface area contributed by atoms with E-state index in [-0.39, 0.29) is 11.6 Å². The average Bonchev–Trinajstić information content (AvgIpc) is 2.48. The highest BCUT2D eigenvalue weighted by atomic mass is 16.3. The van der Waals surface area contributed by atoms with Crippen LogP contribution in [-0.2, 0) is 6.42 Å². The predicted molar refractivity (Wildman–Crippen MR) is 83.3 cm³/mol. The third-order valence-corrected chi connectivity index (χ3v) is 5.21. The quantitative estimate of drug-likeness (QED) is 0.800. The van der Waals surface area contributed by atoms with Crippen molar-refractivity contribution in [3.63, 3.8) is 0 Å². The summed E-state index contributed by atoms with van der Waals surface area (Å²) in [6.07, 6.45) is 7.13. The van der Waals surface area contributed by atoms with Crippen molar-refractivity contribution >= 4 is 0 Å². The van der Waals surface area contributed by atoms with E-state index in [2.05, 4.69) is 17.2 Å². The number of aromatic amines is 1. The van der Waals surface area contributed by atoms with Crippen LogP contribution in [0.25, 0.3) is 0 Å². The van der Waals surface area contributed by atoms with Gasteiger partial charge in [-0.1, -0.05) is 13.0 Å². The van der Waals surface area contributed by atoms with Gasteiger partial charge in [-0.25, -0.2) is 0 Å². The lowest BCUT2D eigenvalue weighted by atomic mass is 9.79. The van der Waals surface area contributed by atoms with Gasteiger partial charge in [-0.3, -0.25) is 4.79 Å². The first kappa shape index (κ1) is 14.8. The number of aromatic nitrogens is 1. The van der Waals surface area contributed by atoms with Gasteiger partial charge in [0.15, 0.2) is 0 Å². The molecule has 0 aromatic carbocycles.